The second kappa shape index (κ2) is 8.37. The Balaban J connectivity index is 1.51. The van der Waals surface area contributed by atoms with E-state index < -0.39 is 0 Å². The van der Waals surface area contributed by atoms with Gasteiger partial charge < -0.3 is 13.7 Å². The van der Waals surface area contributed by atoms with E-state index in [0.717, 1.165) is 12.8 Å². The monoisotopic (exact) mass is 529 g/mol. The van der Waals surface area contributed by atoms with Crippen LogP contribution in [0.2, 0.25) is 0 Å². The zero-order valence-corrected chi connectivity index (χ0v) is 23.4. The molecule has 2 aliphatic carbocycles. The number of nitrogens with zero attached hydrogens (tertiary/aromatic N) is 3. The second-order valence-electron chi connectivity index (χ2n) is 11.8. The van der Waals surface area contributed by atoms with E-state index >= 15 is 0 Å². The maximum Gasteiger partial charge on any atom is 0.0585 e. The molecule has 3 heteroatoms. The molecule has 7 aromatic rings. The summed E-state index contributed by atoms with van der Waals surface area (Å²) in [7, 11) is 2.20. The predicted octanol–water partition coefficient (Wildman–Crippen LogP) is 10.0. The van der Waals surface area contributed by atoms with Crippen molar-refractivity contribution in [1.82, 2.24) is 13.7 Å². The van der Waals surface area contributed by atoms with Gasteiger partial charge in [-0.2, -0.15) is 0 Å². The fourth-order valence-corrected chi connectivity index (χ4v) is 7.68. The van der Waals surface area contributed by atoms with E-state index in [-0.39, 0.29) is 6.04 Å². The molecule has 3 heterocycles. The molecule has 0 spiro atoms. The minimum Gasteiger partial charge on any atom is -0.344 e. The number of aromatic nitrogens is 3. The lowest BCUT2D eigenvalue weighted by Crippen LogP contribution is -2.15. The first-order valence-electron chi connectivity index (χ1n) is 14.8. The molecule has 0 saturated heterocycles. The van der Waals surface area contributed by atoms with Crippen molar-refractivity contribution in [3.63, 3.8) is 0 Å². The van der Waals surface area contributed by atoms with Gasteiger partial charge >= 0.3 is 0 Å². The predicted molar refractivity (Wildman–Crippen MR) is 176 cm³/mol. The number of hydrogen-bond donors (Lipinski definition) is 0. The van der Waals surface area contributed by atoms with Crippen LogP contribution in [0.4, 0.5) is 0 Å². The van der Waals surface area contributed by atoms with Crippen molar-refractivity contribution in [2.24, 2.45) is 13.0 Å². The van der Waals surface area contributed by atoms with E-state index in [0.29, 0.717) is 5.92 Å². The molecule has 3 nitrogen and oxygen atoms in total. The van der Waals surface area contributed by atoms with Crippen LogP contribution in [-0.2, 0) is 7.05 Å². The Morgan fingerprint density at radius 3 is 2.20 bits per heavy atom. The van der Waals surface area contributed by atoms with Gasteiger partial charge in [-0.15, -0.1) is 0 Å². The lowest BCUT2D eigenvalue weighted by Gasteiger charge is -2.24. The summed E-state index contributed by atoms with van der Waals surface area (Å²) in [6.07, 6.45) is 18.0. The highest BCUT2D eigenvalue weighted by Gasteiger charge is 2.25. The normalized spacial score (nSPS) is 19.1. The highest BCUT2D eigenvalue weighted by molar-refractivity contribution is 6.30. The van der Waals surface area contributed by atoms with Gasteiger partial charge in [0.15, 0.2) is 0 Å². The number of rotatable bonds is 2. The van der Waals surface area contributed by atoms with Gasteiger partial charge in [0.1, 0.15) is 0 Å². The van der Waals surface area contributed by atoms with Crippen LogP contribution in [0.25, 0.3) is 71.1 Å². The molecule has 2 unspecified atom stereocenters. The van der Waals surface area contributed by atoms with Gasteiger partial charge in [-0.25, -0.2) is 0 Å². The number of para-hydroxylation sites is 2. The van der Waals surface area contributed by atoms with Crippen LogP contribution in [0, 0.1) is 5.92 Å². The topological polar surface area (TPSA) is 14.8 Å². The van der Waals surface area contributed by atoms with Crippen LogP contribution in [0.1, 0.15) is 25.8 Å². The highest BCUT2D eigenvalue weighted by atomic mass is 15.0. The first-order valence-corrected chi connectivity index (χ1v) is 14.8. The Hall–Kier alpha value is -4.76. The standard InChI is InChI=1S/C38H31N3/c1-24-12-6-9-17-30(24)41-32-19-11-8-16-27(32)37-34(41)21-20-33-38(37)29-23-35-28(26-15-7-10-18-31(26)39(35)2)22-36(29)40(33)25-13-4-3-5-14-25/h3-4,6-13,15-24,30H,5,14H2,1-2H3. The number of aryl methyl sites for hydroxylation is 1. The van der Waals surface area contributed by atoms with E-state index in [2.05, 4.69) is 143 Å². The summed E-state index contributed by atoms with van der Waals surface area (Å²) < 4.78 is 7.49. The number of allylic oxidation sites excluding steroid dienone is 8. The third-order valence-electron chi connectivity index (χ3n) is 9.59. The number of benzene rings is 4. The quantitative estimate of drug-likeness (QED) is 0.212. The van der Waals surface area contributed by atoms with Crippen LogP contribution < -0.4 is 0 Å². The zero-order valence-electron chi connectivity index (χ0n) is 23.4. The molecule has 0 radical (unpaired) electrons. The van der Waals surface area contributed by atoms with Crippen LogP contribution in [-0.4, -0.2) is 13.7 Å². The Labute approximate surface area is 238 Å². The van der Waals surface area contributed by atoms with Gasteiger partial charge in [0.2, 0.25) is 0 Å². The number of hydrogen-bond acceptors (Lipinski definition) is 0. The van der Waals surface area contributed by atoms with Crippen molar-refractivity contribution in [2.75, 3.05) is 0 Å². The SMILES string of the molecule is CC1C=CC=CC1n1c2ccccc2c2c3c4cc5c(cc4n(C4=CC=CCC4)c3ccc21)c1ccccc1n5C. The van der Waals surface area contributed by atoms with Crippen LogP contribution >= 0.6 is 0 Å². The largest absolute Gasteiger partial charge is 0.344 e. The molecule has 198 valence electrons. The van der Waals surface area contributed by atoms with E-state index in [4.69, 9.17) is 0 Å². The fourth-order valence-electron chi connectivity index (χ4n) is 7.68. The van der Waals surface area contributed by atoms with Crippen LogP contribution in [0.15, 0.2) is 115 Å². The minimum atomic E-state index is 0.282. The smallest absolute Gasteiger partial charge is 0.0585 e. The Morgan fingerprint density at radius 1 is 0.634 bits per heavy atom. The zero-order chi connectivity index (χ0) is 27.2. The summed E-state index contributed by atoms with van der Waals surface area (Å²) in [4.78, 5) is 0. The third-order valence-corrected chi connectivity index (χ3v) is 9.59. The first kappa shape index (κ1) is 23.0. The molecule has 0 fully saturated rings. The molecule has 3 aromatic heterocycles. The van der Waals surface area contributed by atoms with Gasteiger partial charge in [0.05, 0.1) is 22.6 Å². The summed E-state index contributed by atoms with van der Waals surface area (Å²) in [5, 5.41) is 8.01. The summed E-state index contributed by atoms with van der Waals surface area (Å²) in [5.41, 5.74) is 9.13. The molecular formula is C38H31N3. The molecule has 0 saturated carbocycles. The summed E-state index contributed by atoms with van der Waals surface area (Å²) in [6, 6.07) is 27.7. The van der Waals surface area contributed by atoms with Gasteiger partial charge in [-0.05, 0) is 61.2 Å². The molecule has 0 aliphatic heterocycles. The summed E-state index contributed by atoms with van der Waals surface area (Å²) >= 11 is 0. The Bertz CT molecular complexity index is 2340. The van der Waals surface area contributed by atoms with Crippen molar-refractivity contribution in [3.8, 4) is 0 Å². The van der Waals surface area contributed by atoms with Gasteiger partial charge in [0, 0.05) is 61.6 Å². The van der Waals surface area contributed by atoms with Crippen molar-refractivity contribution in [1.29, 1.82) is 0 Å². The lowest BCUT2D eigenvalue weighted by atomic mass is 9.96. The van der Waals surface area contributed by atoms with Crippen LogP contribution in [0.3, 0.4) is 0 Å². The Kier molecular flexibility index (Phi) is 4.70. The third kappa shape index (κ3) is 3.04. The average Bonchev–Trinajstić information content (AvgIpc) is 3.62. The van der Waals surface area contributed by atoms with Crippen molar-refractivity contribution in [3.05, 3.63) is 115 Å². The summed E-state index contributed by atoms with van der Waals surface area (Å²) in [5.74, 6) is 0.422. The molecule has 2 aliphatic rings. The first-order chi connectivity index (χ1) is 20.2. The molecule has 9 rings (SSSR count). The summed E-state index contributed by atoms with van der Waals surface area (Å²) in [6.45, 7) is 2.33. The van der Waals surface area contributed by atoms with E-state index in [1.54, 1.807) is 0 Å². The highest BCUT2D eigenvalue weighted by Crippen LogP contribution is 2.45. The second-order valence-corrected chi connectivity index (χ2v) is 11.8. The molecule has 4 aromatic carbocycles. The minimum absolute atomic E-state index is 0.282. The number of fused-ring (bicyclic) bond motifs is 10. The molecular weight excluding hydrogens is 498 g/mol. The molecule has 2 atom stereocenters. The average molecular weight is 530 g/mol. The van der Waals surface area contributed by atoms with E-state index in [1.165, 1.54) is 71.1 Å². The maximum atomic E-state index is 2.58. The van der Waals surface area contributed by atoms with Gasteiger partial charge in [-0.1, -0.05) is 79.8 Å². The van der Waals surface area contributed by atoms with Gasteiger partial charge in [0.25, 0.3) is 0 Å². The van der Waals surface area contributed by atoms with Crippen molar-refractivity contribution >= 4 is 71.1 Å². The molecule has 0 N–H and O–H groups in total. The van der Waals surface area contributed by atoms with Crippen molar-refractivity contribution in [2.45, 2.75) is 25.8 Å². The van der Waals surface area contributed by atoms with Crippen LogP contribution in [0.5, 0.6) is 0 Å². The van der Waals surface area contributed by atoms with Crippen molar-refractivity contribution < 1.29 is 0 Å². The fraction of sp³-hybridized carbons (Fsp3) is 0.158. The van der Waals surface area contributed by atoms with E-state index in [1.807, 2.05) is 0 Å². The molecule has 0 bridgehead atoms. The molecule has 41 heavy (non-hydrogen) atoms. The molecule has 0 amide bonds. The lowest BCUT2D eigenvalue weighted by molar-refractivity contribution is 0.510. The maximum absolute atomic E-state index is 2.58. The van der Waals surface area contributed by atoms with E-state index in [9.17, 15) is 0 Å². The van der Waals surface area contributed by atoms with Gasteiger partial charge in [-0.3, -0.25) is 0 Å². The Morgan fingerprint density at radius 2 is 1.37 bits per heavy atom.